The first kappa shape index (κ1) is 9.15. The third-order valence-corrected chi connectivity index (χ3v) is 2.74. The molecule has 1 aromatic heterocycles. The predicted octanol–water partition coefficient (Wildman–Crippen LogP) is 1.93. The summed E-state index contributed by atoms with van der Waals surface area (Å²) in [5, 5.41) is 10.6. The molecule has 1 saturated heterocycles. The van der Waals surface area contributed by atoms with E-state index in [1.807, 2.05) is 35.5 Å². The van der Waals surface area contributed by atoms with E-state index in [9.17, 15) is 0 Å². The van der Waals surface area contributed by atoms with Gasteiger partial charge in [-0.2, -0.15) is 0 Å². The summed E-state index contributed by atoms with van der Waals surface area (Å²) in [5.41, 5.74) is 5.03. The summed E-state index contributed by atoms with van der Waals surface area (Å²) in [6.45, 7) is 0.832. The average Bonchev–Trinajstić information content (AvgIpc) is 2.75. The molecule has 0 saturated carbocycles. The highest BCUT2D eigenvalue weighted by Gasteiger charge is 2.16. The molecule has 1 aromatic carbocycles. The molecule has 2 heterocycles. The molecule has 3 rings (SSSR count). The second-order valence-electron chi connectivity index (χ2n) is 3.88. The Balaban J connectivity index is 2.02. The van der Waals surface area contributed by atoms with Gasteiger partial charge in [-0.15, -0.1) is 0 Å². The molecule has 0 radical (unpaired) electrons. The van der Waals surface area contributed by atoms with Crippen molar-refractivity contribution in [3.05, 3.63) is 36.5 Å². The van der Waals surface area contributed by atoms with Gasteiger partial charge in [0.25, 0.3) is 0 Å². The van der Waals surface area contributed by atoms with Crippen LogP contribution in [0.5, 0.6) is 0 Å². The Labute approximate surface area is 93.4 Å². The summed E-state index contributed by atoms with van der Waals surface area (Å²) < 4.78 is 0. The van der Waals surface area contributed by atoms with Gasteiger partial charge in [0.2, 0.25) is 0 Å². The van der Waals surface area contributed by atoms with E-state index in [-0.39, 0.29) is 0 Å². The summed E-state index contributed by atoms with van der Waals surface area (Å²) in [5.74, 6) is 0.563. The van der Waals surface area contributed by atoms with E-state index in [1.54, 1.807) is 0 Å². The van der Waals surface area contributed by atoms with Crippen molar-refractivity contribution in [2.75, 3.05) is 11.6 Å². The fourth-order valence-electron chi connectivity index (χ4n) is 1.90. The van der Waals surface area contributed by atoms with Crippen molar-refractivity contribution in [3.63, 3.8) is 0 Å². The van der Waals surface area contributed by atoms with Crippen LogP contribution in [-0.4, -0.2) is 17.4 Å². The standard InChI is InChI=1S/C12H12N4/c13-12-5-6-16(15-12)10-7-9-3-1-2-4-11(9)14-8-10/h1-4,7-8H,5-6H2,(H2,13,15). The number of aromatic nitrogens is 1. The third kappa shape index (κ3) is 1.48. The van der Waals surface area contributed by atoms with Gasteiger partial charge in [0.05, 0.1) is 17.4 Å². The zero-order valence-corrected chi connectivity index (χ0v) is 8.77. The van der Waals surface area contributed by atoms with Gasteiger partial charge in [0.15, 0.2) is 0 Å². The minimum Gasteiger partial charge on any atom is -0.287 e. The zero-order chi connectivity index (χ0) is 11.0. The Bertz CT molecular complexity index is 549. The van der Waals surface area contributed by atoms with Crippen LogP contribution in [0.3, 0.4) is 0 Å². The molecule has 2 N–H and O–H groups in total. The van der Waals surface area contributed by atoms with Crippen LogP contribution in [0.1, 0.15) is 6.42 Å². The van der Waals surface area contributed by atoms with Crippen LogP contribution in [0, 0.1) is 5.41 Å². The first-order valence-corrected chi connectivity index (χ1v) is 5.29. The molecule has 4 nitrogen and oxygen atoms in total. The van der Waals surface area contributed by atoms with Crippen molar-refractivity contribution in [3.8, 4) is 0 Å². The maximum Gasteiger partial charge on any atom is 0.114 e. The molecule has 0 unspecified atom stereocenters. The molecule has 0 spiro atoms. The molecular formula is C12H12N4. The third-order valence-electron chi connectivity index (χ3n) is 2.74. The van der Waals surface area contributed by atoms with Crippen molar-refractivity contribution in [2.24, 2.45) is 0 Å². The summed E-state index contributed by atoms with van der Waals surface area (Å²) >= 11 is 0. The fourth-order valence-corrected chi connectivity index (χ4v) is 1.90. The maximum atomic E-state index is 7.52. The Kier molecular flexibility index (Phi) is 1.99. The summed E-state index contributed by atoms with van der Waals surface area (Å²) in [7, 11) is 0. The number of hydrogen-bond donors (Lipinski definition) is 2. The van der Waals surface area contributed by atoms with Gasteiger partial charge in [-0.25, -0.2) is 0 Å². The highest BCUT2D eigenvalue weighted by atomic mass is 15.5. The number of para-hydroxylation sites is 1. The number of nitrogens with one attached hydrogen (secondary N) is 2. The SMILES string of the molecule is N=C1CCN(c2cnc3ccccc3c2)N1. The Hall–Kier alpha value is -2.10. The van der Waals surface area contributed by atoms with E-state index >= 15 is 0 Å². The second kappa shape index (κ2) is 3.48. The lowest BCUT2D eigenvalue weighted by Gasteiger charge is -2.17. The quantitative estimate of drug-likeness (QED) is 0.759. The summed E-state index contributed by atoms with van der Waals surface area (Å²) in [6.07, 6.45) is 2.61. The van der Waals surface area contributed by atoms with Crippen molar-refractivity contribution in [1.82, 2.24) is 10.4 Å². The van der Waals surface area contributed by atoms with Gasteiger partial charge in [0.1, 0.15) is 5.84 Å². The molecule has 0 aliphatic carbocycles. The smallest absolute Gasteiger partial charge is 0.114 e. The number of pyridine rings is 1. The molecule has 1 aliphatic heterocycles. The lowest BCUT2D eigenvalue weighted by molar-refractivity contribution is 0.855. The Morgan fingerprint density at radius 3 is 3.00 bits per heavy atom. The zero-order valence-electron chi connectivity index (χ0n) is 8.77. The van der Waals surface area contributed by atoms with Gasteiger partial charge in [-0.05, 0) is 12.1 Å². The van der Waals surface area contributed by atoms with E-state index in [2.05, 4.69) is 16.5 Å². The van der Waals surface area contributed by atoms with E-state index in [0.717, 1.165) is 29.6 Å². The average molecular weight is 212 g/mol. The molecule has 80 valence electrons. The molecule has 1 fully saturated rings. The normalized spacial score (nSPS) is 15.5. The minimum atomic E-state index is 0.563. The van der Waals surface area contributed by atoms with Crippen molar-refractivity contribution >= 4 is 22.4 Å². The first-order valence-electron chi connectivity index (χ1n) is 5.29. The highest BCUT2D eigenvalue weighted by molar-refractivity contribution is 5.86. The summed E-state index contributed by atoms with van der Waals surface area (Å²) in [4.78, 5) is 4.40. The predicted molar refractivity (Wildman–Crippen MR) is 64.6 cm³/mol. The van der Waals surface area contributed by atoms with Crippen LogP contribution < -0.4 is 10.4 Å². The van der Waals surface area contributed by atoms with E-state index in [1.165, 1.54) is 0 Å². The number of rotatable bonds is 1. The topological polar surface area (TPSA) is 52.0 Å². The lowest BCUT2D eigenvalue weighted by atomic mass is 10.2. The largest absolute Gasteiger partial charge is 0.287 e. The van der Waals surface area contributed by atoms with Gasteiger partial charge >= 0.3 is 0 Å². The van der Waals surface area contributed by atoms with E-state index in [0.29, 0.717) is 5.84 Å². The van der Waals surface area contributed by atoms with Crippen LogP contribution in [0.15, 0.2) is 36.5 Å². The monoisotopic (exact) mass is 212 g/mol. The lowest BCUT2D eigenvalue weighted by Crippen LogP contribution is -2.32. The molecular weight excluding hydrogens is 200 g/mol. The number of hydrazine groups is 1. The number of hydrogen-bond acceptors (Lipinski definition) is 3. The molecule has 0 amide bonds. The van der Waals surface area contributed by atoms with Crippen molar-refractivity contribution in [1.29, 1.82) is 5.41 Å². The molecule has 4 heteroatoms. The number of anilines is 1. The molecule has 1 aliphatic rings. The van der Waals surface area contributed by atoms with Gasteiger partial charge in [-0.1, -0.05) is 18.2 Å². The van der Waals surface area contributed by atoms with Gasteiger partial charge < -0.3 is 0 Å². The van der Waals surface area contributed by atoms with Crippen LogP contribution in [-0.2, 0) is 0 Å². The van der Waals surface area contributed by atoms with Crippen molar-refractivity contribution in [2.45, 2.75) is 6.42 Å². The number of benzene rings is 1. The van der Waals surface area contributed by atoms with Gasteiger partial charge in [0, 0.05) is 18.4 Å². The Morgan fingerprint density at radius 2 is 2.19 bits per heavy atom. The van der Waals surface area contributed by atoms with Crippen LogP contribution >= 0.6 is 0 Å². The first-order chi connectivity index (χ1) is 7.83. The van der Waals surface area contributed by atoms with E-state index < -0.39 is 0 Å². The van der Waals surface area contributed by atoms with Crippen LogP contribution in [0.4, 0.5) is 5.69 Å². The van der Waals surface area contributed by atoms with Crippen molar-refractivity contribution < 1.29 is 0 Å². The van der Waals surface area contributed by atoms with Crippen LogP contribution in [0.25, 0.3) is 10.9 Å². The maximum absolute atomic E-state index is 7.52. The molecule has 0 atom stereocenters. The van der Waals surface area contributed by atoms with Crippen LogP contribution in [0.2, 0.25) is 0 Å². The minimum absolute atomic E-state index is 0.563. The number of nitrogens with zero attached hydrogens (tertiary/aromatic N) is 2. The molecule has 16 heavy (non-hydrogen) atoms. The number of amidine groups is 1. The number of fused-ring (bicyclic) bond motifs is 1. The van der Waals surface area contributed by atoms with Gasteiger partial charge in [-0.3, -0.25) is 20.8 Å². The Morgan fingerprint density at radius 1 is 1.31 bits per heavy atom. The fraction of sp³-hybridized carbons (Fsp3) is 0.167. The second-order valence-corrected chi connectivity index (χ2v) is 3.88. The highest BCUT2D eigenvalue weighted by Crippen LogP contribution is 2.20. The molecule has 2 aromatic rings. The molecule has 0 bridgehead atoms. The van der Waals surface area contributed by atoms with E-state index in [4.69, 9.17) is 5.41 Å². The summed E-state index contributed by atoms with van der Waals surface area (Å²) in [6, 6.07) is 10.1.